The van der Waals surface area contributed by atoms with Gasteiger partial charge in [-0.05, 0) is 37.5 Å². The van der Waals surface area contributed by atoms with Crippen molar-refractivity contribution in [2.45, 2.75) is 26.1 Å². The molecule has 3 heteroatoms. The summed E-state index contributed by atoms with van der Waals surface area (Å²) in [4.78, 5) is 12.1. The summed E-state index contributed by atoms with van der Waals surface area (Å²) < 4.78 is 5.77. The Morgan fingerprint density at radius 3 is 2.41 bits per heavy atom. The van der Waals surface area contributed by atoms with Crippen LogP contribution in [0, 0.1) is 11.8 Å². The molecular formula is C19H19NO2. The van der Waals surface area contributed by atoms with Crippen molar-refractivity contribution in [1.29, 1.82) is 0 Å². The average Bonchev–Trinajstić information content (AvgIpc) is 2.52. The largest absolute Gasteiger partial charge is 0.398 e. The highest BCUT2D eigenvalue weighted by molar-refractivity contribution is 6.12. The minimum absolute atomic E-state index is 0.297. The molecule has 0 bridgehead atoms. The SMILES string of the molecule is CC(C)(C#CC(=O)c1ccccc1N)OCc1ccccc1. The number of ether oxygens (including phenoxy) is 1. The maximum absolute atomic E-state index is 12.1. The van der Waals surface area contributed by atoms with Crippen LogP contribution in [0.4, 0.5) is 5.69 Å². The van der Waals surface area contributed by atoms with Gasteiger partial charge >= 0.3 is 0 Å². The van der Waals surface area contributed by atoms with Gasteiger partial charge in [0.2, 0.25) is 5.78 Å². The molecule has 0 aromatic heterocycles. The van der Waals surface area contributed by atoms with E-state index in [4.69, 9.17) is 10.5 Å². The van der Waals surface area contributed by atoms with Crippen molar-refractivity contribution in [1.82, 2.24) is 0 Å². The van der Waals surface area contributed by atoms with Crippen molar-refractivity contribution < 1.29 is 9.53 Å². The first kappa shape index (κ1) is 15.8. The molecule has 0 amide bonds. The summed E-state index contributed by atoms with van der Waals surface area (Å²) in [6.45, 7) is 4.12. The van der Waals surface area contributed by atoms with E-state index in [1.54, 1.807) is 24.3 Å². The number of Topliss-reactive ketones (excluding diaryl/α,β-unsaturated/α-hetero) is 1. The number of carbonyl (C=O) groups excluding carboxylic acids is 1. The van der Waals surface area contributed by atoms with Crippen LogP contribution in [0.3, 0.4) is 0 Å². The second-order valence-corrected chi connectivity index (χ2v) is 5.45. The number of para-hydroxylation sites is 1. The standard InChI is InChI=1S/C19H19NO2/c1-19(2,22-14-15-8-4-3-5-9-15)13-12-18(21)16-10-6-7-11-17(16)20/h3-11H,14,20H2,1-2H3. The van der Waals surface area contributed by atoms with E-state index in [0.29, 0.717) is 17.9 Å². The molecular weight excluding hydrogens is 274 g/mol. The second kappa shape index (κ2) is 6.93. The molecule has 0 spiro atoms. The van der Waals surface area contributed by atoms with Crippen LogP contribution in [0.5, 0.6) is 0 Å². The molecule has 0 aliphatic heterocycles. The number of hydrogen-bond donors (Lipinski definition) is 1. The zero-order valence-electron chi connectivity index (χ0n) is 12.8. The van der Waals surface area contributed by atoms with E-state index in [9.17, 15) is 4.79 Å². The van der Waals surface area contributed by atoms with Gasteiger partial charge in [-0.1, -0.05) is 48.4 Å². The lowest BCUT2D eigenvalue weighted by atomic mass is 10.1. The molecule has 2 rings (SSSR count). The lowest BCUT2D eigenvalue weighted by molar-refractivity contribution is 0.0143. The maximum Gasteiger partial charge on any atom is 0.238 e. The van der Waals surface area contributed by atoms with Gasteiger partial charge in [0.05, 0.1) is 12.2 Å². The van der Waals surface area contributed by atoms with E-state index in [1.807, 2.05) is 44.2 Å². The van der Waals surface area contributed by atoms with Crippen molar-refractivity contribution in [2.24, 2.45) is 0 Å². The smallest absolute Gasteiger partial charge is 0.238 e. The predicted molar refractivity (Wildman–Crippen MR) is 88.3 cm³/mol. The van der Waals surface area contributed by atoms with Crippen molar-refractivity contribution in [3.05, 3.63) is 65.7 Å². The monoisotopic (exact) mass is 293 g/mol. The van der Waals surface area contributed by atoms with Gasteiger partial charge in [-0.2, -0.15) is 0 Å². The number of rotatable bonds is 4. The summed E-state index contributed by atoms with van der Waals surface area (Å²) in [6.07, 6.45) is 0. The fraction of sp³-hybridized carbons (Fsp3) is 0.211. The third-order valence-corrected chi connectivity index (χ3v) is 3.12. The molecule has 0 radical (unpaired) electrons. The Bertz CT molecular complexity index is 709. The molecule has 112 valence electrons. The third kappa shape index (κ3) is 4.47. The number of carbonyl (C=O) groups is 1. The topological polar surface area (TPSA) is 52.3 Å². The Kier molecular flexibility index (Phi) is 4.98. The highest BCUT2D eigenvalue weighted by Gasteiger charge is 2.15. The van der Waals surface area contributed by atoms with Gasteiger partial charge in [-0.25, -0.2) is 0 Å². The van der Waals surface area contributed by atoms with Crippen LogP contribution in [0.15, 0.2) is 54.6 Å². The number of nitrogens with two attached hydrogens (primary N) is 1. The molecule has 0 unspecified atom stereocenters. The van der Waals surface area contributed by atoms with Gasteiger partial charge in [0.25, 0.3) is 0 Å². The van der Waals surface area contributed by atoms with Crippen LogP contribution in [0.2, 0.25) is 0 Å². The summed E-state index contributed by atoms with van der Waals surface area (Å²) >= 11 is 0. The summed E-state index contributed by atoms with van der Waals surface area (Å²) in [6, 6.07) is 16.7. The Labute approximate surface area is 131 Å². The zero-order valence-corrected chi connectivity index (χ0v) is 12.8. The molecule has 2 N–H and O–H groups in total. The Balaban J connectivity index is 2.03. The second-order valence-electron chi connectivity index (χ2n) is 5.45. The molecule has 0 heterocycles. The molecule has 2 aromatic rings. The first-order valence-corrected chi connectivity index (χ1v) is 7.08. The van der Waals surface area contributed by atoms with E-state index in [0.717, 1.165) is 5.56 Å². The van der Waals surface area contributed by atoms with Crippen LogP contribution < -0.4 is 5.73 Å². The Hall–Kier alpha value is -2.57. The normalized spacial score (nSPS) is 10.6. The summed E-state index contributed by atoms with van der Waals surface area (Å²) in [5.41, 5.74) is 6.99. The van der Waals surface area contributed by atoms with Crippen LogP contribution in [0.25, 0.3) is 0 Å². The van der Waals surface area contributed by atoms with Crippen molar-refractivity contribution in [2.75, 3.05) is 5.73 Å². The summed E-state index contributed by atoms with van der Waals surface area (Å²) in [5, 5.41) is 0. The Morgan fingerprint density at radius 2 is 1.73 bits per heavy atom. The van der Waals surface area contributed by atoms with Gasteiger partial charge in [0.15, 0.2) is 0 Å². The van der Waals surface area contributed by atoms with Crippen molar-refractivity contribution >= 4 is 11.5 Å². The van der Waals surface area contributed by atoms with Crippen LogP contribution >= 0.6 is 0 Å². The lowest BCUT2D eigenvalue weighted by Crippen LogP contribution is -2.22. The van der Waals surface area contributed by atoms with Crippen molar-refractivity contribution in [3.8, 4) is 11.8 Å². The molecule has 22 heavy (non-hydrogen) atoms. The molecule has 0 aliphatic carbocycles. The van der Waals surface area contributed by atoms with Crippen LogP contribution in [-0.4, -0.2) is 11.4 Å². The van der Waals surface area contributed by atoms with Gasteiger partial charge in [0.1, 0.15) is 5.60 Å². The maximum atomic E-state index is 12.1. The highest BCUT2D eigenvalue weighted by atomic mass is 16.5. The number of anilines is 1. The van der Waals surface area contributed by atoms with Gasteiger partial charge < -0.3 is 10.5 Å². The van der Waals surface area contributed by atoms with Gasteiger partial charge in [0, 0.05) is 5.69 Å². The van der Waals surface area contributed by atoms with Crippen molar-refractivity contribution in [3.63, 3.8) is 0 Å². The highest BCUT2D eigenvalue weighted by Crippen LogP contribution is 2.13. The lowest BCUT2D eigenvalue weighted by Gasteiger charge is -2.18. The van der Waals surface area contributed by atoms with Crippen LogP contribution in [0.1, 0.15) is 29.8 Å². The third-order valence-electron chi connectivity index (χ3n) is 3.12. The van der Waals surface area contributed by atoms with E-state index < -0.39 is 5.60 Å². The molecule has 0 saturated carbocycles. The predicted octanol–water partition coefficient (Wildman–Crippen LogP) is 3.45. The van der Waals surface area contributed by atoms with E-state index >= 15 is 0 Å². The molecule has 0 fully saturated rings. The van der Waals surface area contributed by atoms with Gasteiger partial charge in [-0.15, -0.1) is 0 Å². The molecule has 3 nitrogen and oxygen atoms in total. The zero-order chi connectivity index (χ0) is 16.0. The Morgan fingerprint density at radius 1 is 1.09 bits per heavy atom. The number of benzene rings is 2. The fourth-order valence-corrected chi connectivity index (χ4v) is 1.85. The summed E-state index contributed by atoms with van der Waals surface area (Å²) in [5.74, 6) is 5.20. The summed E-state index contributed by atoms with van der Waals surface area (Å²) in [7, 11) is 0. The number of hydrogen-bond acceptors (Lipinski definition) is 3. The van der Waals surface area contributed by atoms with E-state index in [-0.39, 0.29) is 5.78 Å². The minimum atomic E-state index is -0.713. The van der Waals surface area contributed by atoms with Crippen LogP contribution in [-0.2, 0) is 11.3 Å². The quantitative estimate of drug-likeness (QED) is 0.406. The fourth-order valence-electron chi connectivity index (χ4n) is 1.85. The molecule has 0 saturated heterocycles. The molecule has 0 atom stereocenters. The van der Waals surface area contributed by atoms with E-state index in [2.05, 4.69) is 11.8 Å². The molecule has 2 aromatic carbocycles. The average molecular weight is 293 g/mol. The minimum Gasteiger partial charge on any atom is -0.398 e. The van der Waals surface area contributed by atoms with E-state index in [1.165, 1.54) is 0 Å². The number of ketones is 1. The van der Waals surface area contributed by atoms with Gasteiger partial charge in [-0.3, -0.25) is 4.79 Å². The first-order valence-electron chi connectivity index (χ1n) is 7.08. The molecule has 0 aliphatic rings. The number of nitrogen functional groups attached to an aromatic ring is 1. The first-order chi connectivity index (χ1) is 10.5.